The number of carbonyl (C=O) groups is 1. The molecule has 0 atom stereocenters. The molecule has 24 heavy (non-hydrogen) atoms. The van der Waals surface area contributed by atoms with E-state index in [1.165, 1.54) is 11.3 Å². The van der Waals surface area contributed by atoms with Gasteiger partial charge in [-0.2, -0.15) is 5.26 Å². The van der Waals surface area contributed by atoms with E-state index in [1.807, 2.05) is 18.2 Å². The average molecular weight is 338 g/mol. The van der Waals surface area contributed by atoms with E-state index in [4.69, 9.17) is 9.78 Å². The zero-order valence-electron chi connectivity index (χ0n) is 12.9. The lowest BCUT2D eigenvalue weighted by Gasteiger charge is -1.99. The van der Waals surface area contributed by atoms with E-state index in [0.29, 0.717) is 28.6 Å². The van der Waals surface area contributed by atoms with Crippen molar-refractivity contribution in [3.8, 4) is 6.07 Å². The number of anilines is 1. The predicted molar refractivity (Wildman–Crippen MR) is 89.7 cm³/mol. The van der Waals surface area contributed by atoms with Crippen LogP contribution in [0.5, 0.6) is 0 Å². The number of thiazole rings is 1. The van der Waals surface area contributed by atoms with Gasteiger partial charge < -0.3 is 9.84 Å². The van der Waals surface area contributed by atoms with E-state index in [9.17, 15) is 4.79 Å². The summed E-state index contributed by atoms with van der Waals surface area (Å²) in [6.07, 6.45) is 2.56. The summed E-state index contributed by atoms with van der Waals surface area (Å²) in [7, 11) is 0. The molecule has 1 N–H and O–H groups in total. The molecular weight excluding hydrogens is 324 g/mol. The van der Waals surface area contributed by atoms with Gasteiger partial charge >= 0.3 is 0 Å². The maximum absolute atomic E-state index is 12.0. The Morgan fingerprint density at radius 2 is 2.29 bits per heavy atom. The van der Waals surface area contributed by atoms with Crippen molar-refractivity contribution in [1.82, 2.24) is 10.1 Å². The second-order valence-electron chi connectivity index (χ2n) is 5.27. The van der Waals surface area contributed by atoms with E-state index in [-0.39, 0.29) is 12.3 Å². The van der Waals surface area contributed by atoms with Crippen LogP contribution in [0.4, 0.5) is 5.13 Å². The minimum absolute atomic E-state index is 0.149. The number of carbonyl (C=O) groups excluding carboxylic acids is 1. The highest BCUT2D eigenvalue weighted by molar-refractivity contribution is 7.15. The first kappa shape index (κ1) is 15.9. The molecule has 0 bridgehead atoms. The molecule has 0 saturated carbocycles. The molecule has 0 fully saturated rings. The first-order valence-electron chi connectivity index (χ1n) is 7.28. The number of nitrogens with zero attached hydrogens (tertiary/aromatic N) is 3. The van der Waals surface area contributed by atoms with Crippen molar-refractivity contribution in [3.63, 3.8) is 0 Å². The van der Waals surface area contributed by atoms with Crippen LogP contribution in [0.2, 0.25) is 0 Å². The minimum Gasteiger partial charge on any atom is -0.361 e. The standard InChI is InChI=1S/C17H14N4O2S/c1-11-5-14(21-23-11)8-16(22)20-17-19-10-15(24-17)7-12-3-2-4-13(6-12)9-18/h2-6,10H,7-8H2,1H3,(H,19,20,22). The highest BCUT2D eigenvalue weighted by atomic mass is 32.1. The summed E-state index contributed by atoms with van der Waals surface area (Å²) in [5.41, 5.74) is 2.26. The molecule has 0 aliphatic carbocycles. The van der Waals surface area contributed by atoms with Crippen molar-refractivity contribution >= 4 is 22.4 Å². The number of nitrogens with one attached hydrogen (secondary N) is 1. The molecular formula is C17H14N4O2S. The topological polar surface area (TPSA) is 91.8 Å². The van der Waals surface area contributed by atoms with Crippen LogP contribution in [0.25, 0.3) is 0 Å². The lowest BCUT2D eigenvalue weighted by molar-refractivity contribution is -0.115. The van der Waals surface area contributed by atoms with Gasteiger partial charge in [0.2, 0.25) is 5.91 Å². The fourth-order valence-electron chi connectivity index (χ4n) is 2.23. The second kappa shape index (κ2) is 7.06. The number of benzene rings is 1. The zero-order chi connectivity index (χ0) is 16.9. The van der Waals surface area contributed by atoms with Crippen molar-refractivity contribution in [2.45, 2.75) is 19.8 Å². The van der Waals surface area contributed by atoms with Crippen molar-refractivity contribution in [2.24, 2.45) is 0 Å². The molecule has 3 aromatic rings. The molecule has 1 amide bonds. The van der Waals surface area contributed by atoms with E-state index >= 15 is 0 Å². The summed E-state index contributed by atoms with van der Waals surface area (Å²) < 4.78 is 4.94. The minimum atomic E-state index is -0.185. The summed E-state index contributed by atoms with van der Waals surface area (Å²) >= 11 is 1.42. The number of aromatic nitrogens is 2. The number of rotatable bonds is 5. The molecule has 7 heteroatoms. The molecule has 0 unspecified atom stereocenters. The second-order valence-corrected chi connectivity index (χ2v) is 6.39. The van der Waals surface area contributed by atoms with E-state index in [1.54, 1.807) is 25.3 Å². The summed E-state index contributed by atoms with van der Waals surface area (Å²) in [4.78, 5) is 17.2. The Kier molecular flexibility index (Phi) is 4.68. The van der Waals surface area contributed by atoms with Gasteiger partial charge in [0, 0.05) is 23.6 Å². The lowest BCUT2D eigenvalue weighted by Crippen LogP contribution is -2.14. The van der Waals surface area contributed by atoms with Gasteiger partial charge in [0.1, 0.15) is 5.76 Å². The fraction of sp³-hybridized carbons (Fsp3) is 0.176. The first-order valence-corrected chi connectivity index (χ1v) is 8.10. The molecule has 3 rings (SSSR count). The van der Waals surface area contributed by atoms with E-state index in [0.717, 1.165) is 10.4 Å². The molecule has 0 aliphatic heterocycles. The maximum Gasteiger partial charge on any atom is 0.232 e. The molecule has 2 aromatic heterocycles. The van der Waals surface area contributed by atoms with Crippen molar-refractivity contribution < 1.29 is 9.32 Å². The molecule has 1 aromatic carbocycles. The number of hydrogen-bond acceptors (Lipinski definition) is 6. The highest BCUT2D eigenvalue weighted by Crippen LogP contribution is 2.21. The van der Waals surface area contributed by atoms with E-state index in [2.05, 4.69) is 21.5 Å². The van der Waals surface area contributed by atoms with Crippen LogP contribution in [0, 0.1) is 18.3 Å². The van der Waals surface area contributed by atoms with Crippen molar-refractivity contribution in [3.05, 3.63) is 64.0 Å². The normalized spacial score (nSPS) is 10.3. The maximum atomic E-state index is 12.0. The summed E-state index contributed by atoms with van der Waals surface area (Å²) in [6.45, 7) is 1.78. The number of aryl methyl sites for hydroxylation is 1. The van der Waals surface area contributed by atoms with Crippen LogP contribution in [-0.2, 0) is 17.6 Å². The summed E-state index contributed by atoms with van der Waals surface area (Å²) in [6, 6.07) is 11.3. The third-order valence-corrected chi connectivity index (χ3v) is 4.17. The van der Waals surface area contributed by atoms with Crippen LogP contribution < -0.4 is 5.32 Å². The van der Waals surface area contributed by atoms with Gasteiger partial charge in [0.15, 0.2) is 5.13 Å². The smallest absolute Gasteiger partial charge is 0.232 e. The Morgan fingerprint density at radius 3 is 3.04 bits per heavy atom. The van der Waals surface area contributed by atoms with Crippen LogP contribution in [0.15, 0.2) is 41.1 Å². The Morgan fingerprint density at radius 1 is 1.42 bits per heavy atom. The first-order chi connectivity index (χ1) is 11.6. The van der Waals surface area contributed by atoms with Gasteiger partial charge in [-0.05, 0) is 24.6 Å². The Labute approximate surface area is 142 Å². The fourth-order valence-corrected chi connectivity index (χ4v) is 3.09. The number of amides is 1. The Hall–Kier alpha value is -2.98. The van der Waals surface area contributed by atoms with Crippen molar-refractivity contribution in [2.75, 3.05) is 5.32 Å². The largest absolute Gasteiger partial charge is 0.361 e. The van der Waals surface area contributed by atoms with Gasteiger partial charge in [0.05, 0.1) is 23.7 Å². The number of hydrogen-bond donors (Lipinski definition) is 1. The molecule has 120 valence electrons. The highest BCUT2D eigenvalue weighted by Gasteiger charge is 2.10. The molecule has 0 radical (unpaired) electrons. The molecule has 2 heterocycles. The lowest BCUT2D eigenvalue weighted by atomic mass is 10.1. The third-order valence-electron chi connectivity index (χ3n) is 3.25. The average Bonchev–Trinajstić information content (AvgIpc) is 3.16. The monoisotopic (exact) mass is 338 g/mol. The Balaban J connectivity index is 1.60. The van der Waals surface area contributed by atoms with Gasteiger partial charge in [-0.25, -0.2) is 4.98 Å². The van der Waals surface area contributed by atoms with Crippen LogP contribution >= 0.6 is 11.3 Å². The molecule has 0 spiro atoms. The quantitative estimate of drug-likeness (QED) is 0.772. The third kappa shape index (κ3) is 4.06. The van der Waals surface area contributed by atoms with E-state index < -0.39 is 0 Å². The molecule has 6 nitrogen and oxygen atoms in total. The Bertz CT molecular complexity index is 907. The predicted octanol–water partition coefficient (Wildman–Crippen LogP) is 3.08. The number of nitriles is 1. The van der Waals surface area contributed by atoms with Crippen LogP contribution in [0.1, 0.15) is 27.5 Å². The van der Waals surface area contributed by atoms with Crippen LogP contribution in [0.3, 0.4) is 0 Å². The SMILES string of the molecule is Cc1cc(CC(=O)Nc2ncc(Cc3cccc(C#N)c3)s2)no1. The summed E-state index contributed by atoms with van der Waals surface area (Å²) in [5.74, 6) is 0.490. The van der Waals surface area contributed by atoms with Gasteiger partial charge in [-0.15, -0.1) is 11.3 Å². The van der Waals surface area contributed by atoms with Gasteiger partial charge in [0.25, 0.3) is 0 Å². The van der Waals surface area contributed by atoms with Crippen LogP contribution in [-0.4, -0.2) is 16.0 Å². The zero-order valence-corrected chi connectivity index (χ0v) is 13.8. The van der Waals surface area contributed by atoms with Gasteiger partial charge in [-0.3, -0.25) is 4.79 Å². The molecule has 0 aliphatic rings. The van der Waals surface area contributed by atoms with Gasteiger partial charge in [-0.1, -0.05) is 17.3 Å². The van der Waals surface area contributed by atoms with Crippen molar-refractivity contribution in [1.29, 1.82) is 5.26 Å². The summed E-state index contributed by atoms with van der Waals surface area (Å²) in [5, 5.41) is 16.0. The molecule has 0 saturated heterocycles.